The van der Waals surface area contributed by atoms with Gasteiger partial charge in [0.2, 0.25) is 10.0 Å². The van der Waals surface area contributed by atoms with Crippen LogP contribution >= 0.6 is 0 Å². The van der Waals surface area contributed by atoms with E-state index < -0.39 is 21.6 Å². The SMILES string of the molecule is COc1ccccc1CC(=O)CS(N)(=O)=O. The molecule has 88 valence electrons. The normalized spacial score (nSPS) is 11.1. The van der Waals surface area contributed by atoms with Gasteiger partial charge in [0.25, 0.3) is 0 Å². The van der Waals surface area contributed by atoms with Gasteiger partial charge in [0.15, 0.2) is 5.78 Å². The summed E-state index contributed by atoms with van der Waals surface area (Å²) in [5.74, 6) is -0.539. The molecule has 0 aliphatic carbocycles. The fraction of sp³-hybridized carbons (Fsp3) is 0.300. The lowest BCUT2D eigenvalue weighted by Crippen LogP contribution is -2.24. The Hall–Kier alpha value is -1.40. The summed E-state index contributed by atoms with van der Waals surface area (Å²) >= 11 is 0. The minimum atomic E-state index is -3.75. The number of para-hydroxylation sites is 1. The molecule has 1 rings (SSSR count). The highest BCUT2D eigenvalue weighted by atomic mass is 32.2. The number of ether oxygens (including phenoxy) is 1. The van der Waals surface area contributed by atoms with Crippen LogP contribution in [0.2, 0.25) is 0 Å². The van der Waals surface area contributed by atoms with E-state index in [9.17, 15) is 13.2 Å². The molecule has 0 amide bonds. The Morgan fingerprint density at radius 1 is 1.38 bits per heavy atom. The summed E-state index contributed by atoms with van der Waals surface area (Å²) in [7, 11) is -2.26. The highest BCUT2D eigenvalue weighted by Crippen LogP contribution is 2.17. The molecule has 0 aromatic heterocycles. The van der Waals surface area contributed by atoms with Crippen molar-refractivity contribution in [3.63, 3.8) is 0 Å². The third-order valence-corrected chi connectivity index (χ3v) is 2.67. The van der Waals surface area contributed by atoms with Gasteiger partial charge >= 0.3 is 0 Å². The molecule has 6 heteroatoms. The summed E-state index contributed by atoms with van der Waals surface area (Å²) in [6.45, 7) is 0. The van der Waals surface area contributed by atoms with Crippen molar-refractivity contribution in [2.24, 2.45) is 5.14 Å². The van der Waals surface area contributed by atoms with Gasteiger partial charge in [-0.05, 0) is 6.07 Å². The molecular formula is C10H13NO4S. The standard InChI is InChI=1S/C10H13NO4S/c1-15-10-5-3-2-4-8(10)6-9(12)7-16(11,13)14/h2-5H,6-7H2,1H3,(H2,11,13,14). The third kappa shape index (κ3) is 4.00. The van der Waals surface area contributed by atoms with Gasteiger partial charge in [0.1, 0.15) is 11.5 Å². The highest BCUT2D eigenvalue weighted by molar-refractivity contribution is 7.89. The maximum Gasteiger partial charge on any atom is 0.216 e. The van der Waals surface area contributed by atoms with Crippen molar-refractivity contribution in [1.82, 2.24) is 0 Å². The number of nitrogens with two attached hydrogens (primary N) is 1. The number of methoxy groups -OCH3 is 1. The minimum Gasteiger partial charge on any atom is -0.496 e. The monoisotopic (exact) mass is 243 g/mol. The zero-order chi connectivity index (χ0) is 12.2. The number of hydrogen-bond donors (Lipinski definition) is 1. The summed E-state index contributed by atoms with van der Waals surface area (Å²) in [5.41, 5.74) is 0.652. The molecule has 0 unspecified atom stereocenters. The first-order valence-electron chi connectivity index (χ1n) is 4.56. The van der Waals surface area contributed by atoms with Crippen LogP contribution in [0.4, 0.5) is 0 Å². The van der Waals surface area contributed by atoms with E-state index in [1.165, 1.54) is 7.11 Å². The maximum absolute atomic E-state index is 11.4. The summed E-state index contributed by atoms with van der Waals surface area (Å²) in [6.07, 6.45) is 0.000440. The molecule has 0 fully saturated rings. The first kappa shape index (κ1) is 12.7. The molecule has 0 bridgehead atoms. The van der Waals surface area contributed by atoms with E-state index in [0.29, 0.717) is 11.3 Å². The van der Waals surface area contributed by atoms with Crippen LogP contribution < -0.4 is 9.88 Å². The fourth-order valence-corrected chi connectivity index (χ4v) is 1.89. The number of ketones is 1. The molecule has 0 spiro atoms. The second kappa shape index (κ2) is 5.09. The number of rotatable bonds is 5. The predicted molar refractivity (Wildman–Crippen MR) is 59.7 cm³/mol. The molecule has 16 heavy (non-hydrogen) atoms. The van der Waals surface area contributed by atoms with Gasteiger partial charge in [0.05, 0.1) is 7.11 Å². The molecule has 0 saturated heterocycles. The van der Waals surface area contributed by atoms with Crippen LogP contribution in [0, 0.1) is 0 Å². The van der Waals surface area contributed by atoms with Crippen LogP contribution in [0.25, 0.3) is 0 Å². The second-order valence-corrected chi connectivity index (χ2v) is 4.95. The largest absolute Gasteiger partial charge is 0.496 e. The molecule has 0 heterocycles. The van der Waals surface area contributed by atoms with Crippen molar-refractivity contribution >= 4 is 15.8 Å². The van der Waals surface area contributed by atoms with Crippen molar-refractivity contribution < 1.29 is 17.9 Å². The van der Waals surface area contributed by atoms with E-state index in [4.69, 9.17) is 9.88 Å². The minimum absolute atomic E-state index is 0.000440. The van der Waals surface area contributed by atoms with E-state index >= 15 is 0 Å². The number of sulfonamides is 1. The Bertz CT molecular complexity index is 481. The highest BCUT2D eigenvalue weighted by Gasteiger charge is 2.13. The van der Waals surface area contributed by atoms with E-state index in [0.717, 1.165) is 0 Å². The molecule has 1 aromatic carbocycles. The van der Waals surface area contributed by atoms with Gasteiger partial charge in [-0.1, -0.05) is 18.2 Å². The Morgan fingerprint density at radius 2 is 2.00 bits per heavy atom. The zero-order valence-electron chi connectivity index (χ0n) is 8.84. The van der Waals surface area contributed by atoms with E-state index in [1.54, 1.807) is 24.3 Å². The number of hydrogen-bond acceptors (Lipinski definition) is 4. The van der Waals surface area contributed by atoms with Crippen LogP contribution in [0.5, 0.6) is 5.75 Å². The van der Waals surface area contributed by atoms with Crippen LogP contribution in [0.1, 0.15) is 5.56 Å². The zero-order valence-corrected chi connectivity index (χ0v) is 9.66. The molecule has 0 aliphatic heterocycles. The first-order valence-corrected chi connectivity index (χ1v) is 6.28. The van der Waals surface area contributed by atoms with Crippen LogP contribution in [-0.4, -0.2) is 27.1 Å². The Kier molecular flexibility index (Phi) is 4.03. The lowest BCUT2D eigenvalue weighted by molar-refractivity contribution is -0.116. The first-order chi connectivity index (χ1) is 7.42. The van der Waals surface area contributed by atoms with Gasteiger partial charge in [-0.2, -0.15) is 0 Å². The van der Waals surface area contributed by atoms with Gasteiger partial charge in [-0.25, -0.2) is 13.6 Å². The van der Waals surface area contributed by atoms with E-state index in [-0.39, 0.29) is 6.42 Å². The van der Waals surface area contributed by atoms with Crippen molar-refractivity contribution in [2.45, 2.75) is 6.42 Å². The molecule has 0 saturated carbocycles. The van der Waals surface area contributed by atoms with Crippen LogP contribution in [0.15, 0.2) is 24.3 Å². The van der Waals surface area contributed by atoms with Crippen molar-refractivity contribution in [3.05, 3.63) is 29.8 Å². The molecule has 0 radical (unpaired) electrons. The Labute approximate surface area is 94.3 Å². The molecule has 5 nitrogen and oxygen atoms in total. The van der Waals surface area contributed by atoms with Crippen molar-refractivity contribution in [3.8, 4) is 5.75 Å². The molecule has 0 aliphatic rings. The molecular weight excluding hydrogens is 230 g/mol. The maximum atomic E-state index is 11.4. The summed E-state index contributed by atoms with van der Waals surface area (Å²) in [5, 5.41) is 4.78. The number of Topliss-reactive ketones (excluding diaryl/α,β-unsaturated/α-hetero) is 1. The average Bonchev–Trinajstić information content (AvgIpc) is 2.15. The van der Waals surface area contributed by atoms with Crippen LogP contribution in [-0.2, 0) is 21.2 Å². The molecule has 0 atom stereocenters. The van der Waals surface area contributed by atoms with Gasteiger partial charge in [-0.15, -0.1) is 0 Å². The van der Waals surface area contributed by atoms with E-state index in [2.05, 4.69) is 0 Å². The number of carbonyl (C=O) groups excluding carboxylic acids is 1. The molecule has 1 aromatic rings. The van der Waals surface area contributed by atoms with Gasteiger partial charge < -0.3 is 4.74 Å². The predicted octanol–water partition coefficient (Wildman–Crippen LogP) is 0.0953. The summed E-state index contributed by atoms with van der Waals surface area (Å²) in [6, 6.07) is 6.94. The summed E-state index contributed by atoms with van der Waals surface area (Å²) < 4.78 is 26.5. The quantitative estimate of drug-likeness (QED) is 0.794. The van der Waals surface area contributed by atoms with Crippen molar-refractivity contribution in [1.29, 1.82) is 0 Å². The van der Waals surface area contributed by atoms with Crippen molar-refractivity contribution in [2.75, 3.05) is 12.9 Å². The molecule has 2 N–H and O–H groups in total. The van der Waals surface area contributed by atoms with Gasteiger partial charge in [0, 0.05) is 12.0 Å². The third-order valence-electron chi connectivity index (χ3n) is 1.94. The number of carbonyl (C=O) groups is 1. The topological polar surface area (TPSA) is 86.5 Å². The lowest BCUT2D eigenvalue weighted by atomic mass is 10.1. The average molecular weight is 243 g/mol. The van der Waals surface area contributed by atoms with Crippen LogP contribution in [0.3, 0.4) is 0 Å². The number of primary sulfonamides is 1. The summed E-state index contributed by atoms with van der Waals surface area (Å²) in [4.78, 5) is 11.4. The Balaban J connectivity index is 2.77. The number of benzene rings is 1. The second-order valence-electron chi connectivity index (χ2n) is 3.33. The fourth-order valence-electron chi connectivity index (χ4n) is 1.34. The smallest absolute Gasteiger partial charge is 0.216 e. The lowest BCUT2D eigenvalue weighted by Gasteiger charge is -2.06. The van der Waals surface area contributed by atoms with Gasteiger partial charge in [-0.3, -0.25) is 4.79 Å². The Morgan fingerprint density at radius 3 is 2.56 bits per heavy atom. The van der Waals surface area contributed by atoms with E-state index in [1.807, 2.05) is 0 Å².